The number of aliphatic hydroxyl groups is 1. The van der Waals surface area contributed by atoms with Crippen molar-refractivity contribution in [2.45, 2.75) is 13.3 Å². The third-order valence-electron chi connectivity index (χ3n) is 2.71. The van der Waals surface area contributed by atoms with Crippen molar-refractivity contribution in [3.05, 3.63) is 29.5 Å². The molecule has 0 aromatic carbocycles. The van der Waals surface area contributed by atoms with Crippen LogP contribution in [-0.2, 0) is 0 Å². The minimum absolute atomic E-state index is 0.0818. The summed E-state index contributed by atoms with van der Waals surface area (Å²) in [4.78, 5) is 18.2. The Balaban J connectivity index is 2.11. The van der Waals surface area contributed by atoms with E-state index in [1.165, 1.54) is 11.3 Å². The second-order valence-corrected chi connectivity index (χ2v) is 4.84. The molecule has 0 saturated carbocycles. The molecule has 2 heterocycles. The van der Waals surface area contributed by atoms with E-state index in [0.29, 0.717) is 36.0 Å². The fourth-order valence-corrected chi connectivity index (χ4v) is 2.47. The summed E-state index contributed by atoms with van der Waals surface area (Å²) < 4.78 is 5.25. The van der Waals surface area contributed by atoms with Crippen LogP contribution in [0, 0.1) is 0 Å². The first kappa shape index (κ1) is 13.8. The van der Waals surface area contributed by atoms with Crippen molar-refractivity contribution < 1.29 is 14.3 Å². The summed E-state index contributed by atoms with van der Waals surface area (Å²) in [6.07, 6.45) is 2.16. The highest BCUT2D eigenvalue weighted by atomic mass is 32.1. The Kier molecular flexibility index (Phi) is 4.70. The molecular formula is C13H16N2O3S. The average Bonchev–Trinajstić information content (AvgIpc) is 3.10. The lowest BCUT2D eigenvalue weighted by atomic mass is 10.3. The van der Waals surface area contributed by atoms with Crippen LogP contribution < -0.4 is 0 Å². The van der Waals surface area contributed by atoms with E-state index in [0.717, 1.165) is 0 Å². The van der Waals surface area contributed by atoms with Crippen LogP contribution in [0.15, 0.2) is 28.2 Å². The molecule has 2 aromatic heterocycles. The van der Waals surface area contributed by atoms with Gasteiger partial charge in [-0.2, -0.15) is 0 Å². The molecule has 102 valence electrons. The van der Waals surface area contributed by atoms with Crippen LogP contribution in [-0.4, -0.2) is 40.6 Å². The third-order valence-corrected chi connectivity index (χ3v) is 3.57. The van der Waals surface area contributed by atoms with Gasteiger partial charge in [0.1, 0.15) is 5.69 Å². The van der Waals surface area contributed by atoms with E-state index in [2.05, 4.69) is 4.98 Å². The summed E-state index contributed by atoms with van der Waals surface area (Å²) >= 11 is 1.39. The number of aliphatic hydroxyl groups excluding tert-OH is 1. The fraction of sp³-hybridized carbons (Fsp3) is 0.385. The molecule has 0 saturated heterocycles. The summed E-state index contributed by atoms with van der Waals surface area (Å²) in [5.41, 5.74) is 0.427. The molecule has 0 aliphatic rings. The van der Waals surface area contributed by atoms with Crippen LogP contribution in [0.5, 0.6) is 0 Å². The summed E-state index contributed by atoms with van der Waals surface area (Å²) in [5.74, 6) is 0.562. The number of rotatable bonds is 6. The average molecular weight is 280 g/mol. The van der Waals surface area contributed by atoms with E-state index in [1.807, 2.05) is 13.0 Å². The Morgan fingerprint density at radius 2 is 2.42 bits per heavy atom. The van der Waals surface area contributed by atoms with Crippen molar-refractivity contribution in [2.75, 3.05) is 19.7 Å². The number of thiazole rings is 1. The SMILES string of the molecule is CCN(CCCO)C(=O)c1csc(-c2ccco2)n1. The molecule has 0 fully saturated rings. The van der Waals surface area contributed by atoms with Gasteiger partial charge in [0, 0.05) is 25.1 Å². The maximum absolute atomic E-state index is 12.2. The summed E-state index contributed by atoms with van der Waals surface area (Å²) in [5, 5.41) is 11.3. The Labute approximate surface area is 115 Å². The van der Waals surface area contributed by atoms with Gasteiger partial charge < -0.3 is 14.4 Å². The molecule has 0 atom stereocenters. The van der Waals surface area contributed by atoms with E-state index in [9.17, 15) is 4.79 Å². The fourth-order valence-electron chi connectivity index (χ4n) is 1.71. The molecule has 0 bridgehead atoms. The monoisotopic (exact) mass is 280 g/mol. The van der Waals surface area contributed by atoms with Crippen molar-refractivity contribution >= 4 is 17.2 Å². The standard InChI is InChI=1S/C13H16N2O3S/c1-2-15(6-4-7-16)13(17)10-9-19-12(14-10)11-5-3-8-18-11/h3,5,8-9,16H,2,4,6-7H2,1H3. The molecular weight excluding hydrogens is 264 g/mol. The Hall–Kier alpha value is -1.66. The Bertz CT molecular complexity index is 522. The number of aromatic nitrogens is 1. The van der Waals surface area contributed by atoms with Gasteiger partial charge in [-0.15, -0.1) is 11.3 Å². The molecule has 2 aromatic rings. The van der Waals surface area contributed by atoms with Gasteiger partial charge in [0.2, 0.25) is 0 Å². The molecule has 0 radical (unpaired) electrons. The molecule has 1 N–H and O–H groups in total. The second kappa shape index (κ2) is 6.49. The number of hydrogen-bond acceptors (Lipinski definition) is 5. The molecule has 1 amide bonds. The number of carbonyl (C=O) groups excluding carboxylic acids is 1. The van der Waals surface area contributed by atoms with Gasteiger partial charge in [0.05, 0.1) is 6.26 Å². The van der Waals surface area contributed by atoms with E-state index in [-0.39, 0.29) is 12.5 Å². The van der Waals surface area contributed by atoms with Crippen molar-refractivity contribution in [3.63, 3.8) is 0 Å². The largest absolute Gasteiger partial charge is 0.462 e. The van der Waals surface area contributed by atoms with Crippen LogP contribution in [0.1, 0.15) is 23.8 Å². The van der Waals surface area contributed by atoms with Crippen molar-refractivity contribution in [3.8, 4) is 10.8 Å². The highest BCUT2D eigenvalue weighted by Crippen LogP contribution is 2.24. The first-order valence-corrected chi connectivity index (χ1v) is 7.03. The van der Waals surface area contributed by atoms with Crippen molar-refractivity contribution in [1.29, 1.82) is 0 Å². The van der Waals surface area contributed by atoms with Crippen LogP contribution in [0.3, 0.4) is 0 Å². The number of carbonyl (C=O) groups is 1. The first-order chi connectivity index (χ1) is 9.26. The number of nitrogens with zero attached hydrogens (tertiary/aromatic N) is 2. The van der Waals surface area contributed by atoms with Gasteiger partial charge in [-0.1, -0.05) is 0 Å². The van der Waals surface area contributed by atoms with Gasteiger partial charge in [0.15, 0.2) is 10.8 Å². The van der Waals surface area contributed by atoms with Gasteiger partial charge in [-0.25, -0.2) is 4.98 Å². The van der Waals surface area contributed by atoms with Crippen molar-refractivity contribution in [2.24, 2.45) is 0 Å². The zero-order chi connectivity index (χ0) is 13.7. The van der Waals surface area contributed by atoms with Crippen LogP contribution in [0.2, 0.25) is 0 Å². The zero-order valence-electron chi connectivity index (χ0n) is 10.7. The highest BCUT2D eigenvalue weighted by Gasteiger charge is 2.18. The molecule has 0 unspecified atom stereocenters. The van der Waals surface area contributed by atoms with E-state index < -0.39 is 0 Å². The van der Waals surface area contributed by atoms with E-state index >= 15 is 0 Å². The predicted molar refractivity (Wildman–Crippen MR) is 73.1 cm³/mol. The smallest absolute Gasteiger partial charge is 0.273 e. The molecule has 0 spiro atoms. The van der Waals surface area contributed by atoms with Crippen LogP contribution in [0.25, 0.3) is 10.8 Å². The Morgan fingerprint density at radius 1 is 1.58 bits per heavy atom. The molecule has 5 nitrogen and oxygen atoms in total. The van der Waals surface area contributed by atoms with E-state index in [1.54, 1.807) is 22.6 Å². The lowest BCUT2D eigenvalue weighted by molar-refractivity contribution is 0.0749. The predicted octanol–water partition coefficient (Wildman–Crippen LogP) is 2.25. The maximum atomic E-state index is 12.2. The highest BCUT2D eigenvalue weighted by molar-refractivity contribution is 7.13. The van der Waals surface area contributed by atoms with Crippen molar-refractivity contribution in [1.82, 2.24) is 9.88 Å². The number of hydrogen-bond donors (Lipinski definition) is 1. The minimum Gasteiger partial charge on any atom is -0.462 e. The number of amides is 1. The first-order valence-electron chi connectivity index (χ1n) is 6.15. The molecule has 2 rings (SSSR count). The Morgan fingerprint density at radius 3 is 3.05 bits per heavy atom. The third kappa shape index (κ3) is 3.21. The van der Waals surface area contributed by atoms with Gasteiger partial charge in [0.25, 0.3) is 5.91 Å². The topological polar surface area (TPSA) is 66.6 Å². The maximum Gasteiger partial charge on any atom is 0.273 e. The van der Waals surface area contributed by atoms with Gasteiger partial charge in [-0.05, 0) is 25.5 Å². The molecule has 0 aliphatic heterocycles. The summed E-state index contributed by atoms with van der Waals surface area (Å²) in [6, 6.07) is 3.61. The zero-order valence-corrected chi connectivity index (χ0v) is 11.5. The minimum atomic E-state index is -0.106. The van der Waals surface area contributed by atoms with Crippen LogP contribution in [0.4, 0.5) is 0 Å². The van der Waals surface area contributed by atoms with E-state index in [4.69, 9.17) is 9.52 Å². The quantitative estimate of drug-likeness (QED) is 0.881. The molecule has 6 heteroatoms. The van der Waals surface area contributed by atoms with Crippen LogP contribution >= 0.6 is 11.3 Å². The van der Waals surface area contributed by atoms with Gasteiger partial charge >= 0.3 is 0 Å². The lowest BCUT2D eigenvalue weighted by Crippen LogP contribution is -2.32. The second-order valence-electron chi connectivity index (χ2n) is 3.98. The van der Waals surface area contributed by atoms with Gasteiger partial charge in [-0.3, -0.25) is 4.79 Å². The number of furan rings is 1. The molecule has 0 aliphatic carbocycles. The summed E-state index contributed by atoms with van der Waals surface area (Å²) in [6.45, 7) is 3.14. The summed E-state index contributed by atoms with van der Waals surface area (Å²) in [7, 11) is 0. The lowest BCUT2D eigenvalue weighted by Gasteiger charge is -2.18. The normalized spacial score (nSPS) is 10.6. The molecule has 19 heavy (non-hydrogen) atoms.